The van der Waals surface area contributed by atoms with E-state index in [-0.39, 0.29) is 0 Å². The van der Waals surface area contributed by atoms with E-state index in [9.17, 15) is 0 Å². The van der Waals surface area contributed by atoms with E-state index in [1.807, 2.05) is 19.2 Å². The van der Waals surface area contributed by atoms with Gasteiger partial charge in [0.25, 0.3) is 0 Å². The summed E-state index contributed by atoms with van der Waals surface area (Å²) >= 11 is 0. The highest BCUT2D eigenvalue weighted by molar-refractivity contribution is 5.95. The van der Waals surface area contributed by atoms with Gasteiger partial charge in [-0.15, -0.1) is 0 Å². The van der Waals surface area contributed by atoms with Gasteiger partial charge in [-0.25, -0.2) is 4.98 Å². The first-order chi connectivity index (χ1) is 18.5. The van der Waals surface area contributed by atoms with Crippen molar-refractivity contribution >= 4 is 28.0 Å². The fourth-order valence-corrected chi connectivity index (χ4v) is 4.96. The van der Waals surface area contributed by atoms with Gasteiger partial charge in [0.2, 0.25) is 0 Å². The van der Waals surface area contributed by atoms with Gasteiger partial charge in [0.15, 0.2) is 11.6 Å². The van der Waals surface area contributed by atoms with Crippen LogP contribution in [0.25, 0.3) is 33.7 Å². The van der Waals surface area contributed by atoms with Gasteiger partial charge in [0.05, 0.1) is 11.2 Å². The number of fused-ring (bicyclic) bond motifs is 2. The van der Waals surface area contributed by atoms with Crippen LogP contribution in [0.3, 0.4) is 0 Å². The molecule has 2 aliphatic rings. The molecule has 4 N–H and O–H groups in total. The lowest BCUT2D eigenvalue weighted by Gasteiger charge is -2.35. The van der Waals surface area contributed by atoms with Crippen LogP contribution in [0, 0.1) is 0 Å². The molecule has 0 aliphatic carbocycles. The number of rotatable bonds is 7. The first kappa shape index (κ1) is 25.6. The molecule has 1 saturated heterocycles. The summed E-state index contributed by atoms with van der Waals surface area (Å²) in [5.74, 6) is 1.56. The minimum atomic E-state index is 0.348. The zero-order valence-electron chi connectivity index (χ0n) is 23.0. The predicted octanol–water partition coefficient (Wildman–Crippen LogP) is 5.34. The summed E-state index contributed by atoms with van der Waals surface area (Å²) in [6.07, 6.45) is 14.6. The second-order valence-corrected chi connectivity index (χ2v) is 10.1. The maximum atomic E-state index is 4.94. The summed E-state index contributed by atoms with van der Waals surface area (Å²) < 4.78 is 0. The smallest absolute Gasteiger partial charge is 0.161 e. The van der Waals surface area contributed by atoms with Gasteiger partial charge in [-0.05, 0) is 82.3 Å². The molecule has 5 rings (SSSR count). The summed E-state index contributed by atoms with van der Waals surface area (Å²) in [6.45, 7) is 12.5. The van der Waals surface area contributed by atoms with Gasteiger partial charge in [-0.3, -0.25) is 5.10 Å². The number of likely N-dealkylation sites (N-methyl/N-ethyl adjacent to an activating group) is 1. The summed E-state index contributed by atoms with van der Waals surface area (Å²) in [7, 11) is 2.17. The highest BCUT2D eigenvalue weighted by Crippen LogP contribution is 2.33. The molecular formula is C30H38N8. The van der Waals surface area contributed by atoms with Gasteiger partial charge in [-0.1, -0.05) is 18.2 Å². The van der Waals surface area contributed by atoms with Crippen LogP contribution in [-0.2, 0) is 0 Å². The van der Waals surface area contributed by atoms with Crippen molar-refractivity contribution in [1.29, 1.82) is 0 Å². The summed E-state index contributed by atoms with van der Waals surface area (Å²) in [5, 5.41) is 15.8. The second kappa shape index (κ2) is 11.1. The monoisotopic (exact) mass is 510 g/mol. The fraction of sp³-hybridized carbons (Fsp3) is 0.333. The first-order valence-corrected chi connectivity index (χ1v) is 13.4. The molecule has 0 radical (unpaired) electrons. The largest absolute Gasteiger partial charge is 0.383 e. The van der Waals surface area contributed by atoms with Crippen LogP contribution in [-0.4, -0.2) is 69.2 Å². The summed E-state index contributed by atoms with van der Waals surface area (Å²) in [4.78, 5) is 13.3. The lowest BCUT2D eigenvalue weighted by molar-refractivity contribution is 0.207. The Morgan fingerprint density at radius 2 is 1.95 bits per heavy atom. The van der Waals surface area contributed by atoms with E-state index < -0.39 is 0 Å². The molecule has 4 heterocycles. The Labute approximate surface area is 224 Å². The summed E-state index contributed by atoms with van der Waals surface area (Å²) in [5.41, 5.74) is 7.29. The average molecular weight is 511 g/mol. The Hall–Kier alpha value is -4.04. The highest BCUT2D eigenvalue weighted by Gasteiger charge is 2.24. The van der Waals surface area contributed by atoms with Gasteiger partial charge >= 0.3 is 0 Å². The normalized spacial score (nSPS) is 17.2. The van der Waals surface area contributed by atoms with Crippen LogP contribution in [0.15, 0.2) is 66.6 Å². The number of aromatic nitrogens is 4. The van der Waals surface area contributed by atoms with Gasteiger partial charge in [-0.2, -0.15) is 5.10 Å². The van der Waals surface area contributed by atoms with E-state index in [1.54, 1.807) is 0 Å². The molecule has 0 bridgehead atoms. The maximum Gasteiger partial charge on any atom is 0.161 e. The molecule has 198 valence electrons. The Kier molecular flexibility index (Phi) is 7.51. The molecule has 8 heteroatoms. The molecule has 1 aromatic carbocycles. The Bertz CT molecular complexity index is 1440. The average Bonchev–Trinajstić information content (AvgIpc) is 3.46. The Morgan fingerprint density at radius 1 is 1.13 bits per heavy atom. The zero-order valence-corrected chi connectivity index (χ0v) is 23.0. The number of benzene rings is 1. The lowest BCUT2D eigenvalue weighted by atomic mass is 10.0. The number of H-pyrrole nitrogens is 2. The third-order valence-electron chi connectivity index (χ3n) is 6.92. The predicted molar refractivity (Wildman–Crippen MR) is 158 cm³/mol. The van der Waals surface area contributed by atoms with Crippen molar-refractivity contribution in [2.45, 2.75) is 33.7 Å². The summed E-state index contributed by atoms with van der Waals surface area (Å²) in [6, 6.07) is 6.77. The molecule has 0 spiro atoms. The van der Waals surface area contributed by atoms with Crippen LogP contribution >= 0.6 is 0 Å². The fourth-order valence-electron chi connectivity index (χ4n) is 4.96. The quantitative estimate of drug-likeness (QED) is 0.321. The SMILES string of the molecule is C/C=C/C(=C\C(=C/C)c1ccc2[nH]nc(-c3nc4c([nH]3)C(N3CCN(C)CC3)=CC=CN4)c2c1)NC(C)C. The zero-order chi connectivity index (χ0) is 26.6. The number of hydrogen-bond acceptors (Lipinski definition) is 6. The van der Waals surface area contributed by atoms with Crippen LogP contribution in [0.1, 0.15) is 39.0 Å². The van der Waals surface area contributed by atoms with Crippen LogP contribution in [0.5, 0.6) is 0 Å². The molecule has 2 aromatic heterocycles. The van der Waals surface area contributed by atoms with Crippen molar-refractivity contribution in [3.05, 3.63) is 77.8 Å². The maximum absolute atomic E-state index is 4.94. The number of nitrogens with zero attached hydrogens (tertiary/aromatic N) is 4. The number of nitrogens with one attached hydrogen (secondary N) is 4. The topological polar surface area (TPSA) is 87.9 Å². The van der Waals surface area contributed by atoms with Crippen molar-refractivity contribution in [3.8, 4) is 11.5 Å². The molecule has 0 atom stereocenters. The van der Waals surface area contributed by atoms with Gasteiger partial charge in [0.1, 0.15) is 11.4 Å². The van der Waals surface area contributed by atoms with Crippen molar-refractivity contribution in [3.63, 3.8) is 0 Å². The number of imidazole rings is 1. The molecule has 0 amide bonds. The van der Waals surface area contributed by atoms with Crippen molar-refractivity contribution < 1.29 is 0 Å². The van der Waals surface area contributed by atoms with E-state index in [2.05, 4.69) is 112 Å². The van der Waals surface area contributed by atoms with E-state index in [0.29, 0.717) is 6.04 Å². The van der Waals surface area contributed by atoms with E-state index in [1.165, 1.54) is 0 Å². The number of hydrogen-bond donors (Lipinski definition) is 4. The van der Waals surface area contributed by atoms with E-state index in [4.69, 9.17) is 4.98 Å². The Balaban J connectivity index is 1.51. The molecular weight excluding hydrogens is 472 g/mol. The first-order valence-electron chi connectivity index (χ1n) is 13.4. The number of allylic oxidation sites excluding steroid dienone is 7. The molecule has 1 fully saturated rings. The number of anilines is 1. The minimum absolute atomic E-state index is 0.348. The molecule has 8 nitrogen and oxygen atoms in total. The van der Waals surface area contributed by atoms with Crippen molar-refractivity contribution in [2.24, 2.45) is 0 Å². The molecule has 2 aliphatic heterocycles. The highest BCUT2D eigenvalue weighted by atomic mass is 15.3. The molecule has 3 aromatic rings. The lowest BCUT2D eigenvalue weighted by Crippen LogP contribution is -2.43. The second-order valence-electron chi connectivity index (χ2n) is 10.1. The van der Waals surface area contributed by atoms with E-state index in [0.717, 1.165) is 82.6 Å². The number of piperazine rings is 1. The number of aromatic amines is 2. The third kappa shape index (κ3) is 5.31. The standard InChI is InChI=1S/C30H38N8/c1-6-9-23(32-20(3)4)18-21(7-2)22-11-12-25-24(19-22)27(36-35-25)30-33-28-26(10-8-13-31-29(28)34-30)38-16-14-37(5)15-17-38/h6-13,18-20,31-32H,14-17H2,1-5H3,(H,33,34)(H,35,36)/b9-6+,21-7+,23-18+. The molecule has 38 heavy (non-hydrogen) atoms. The van der Waals surface area contributed by atoms with Crippen LogP contribution in [0.4, 0.5) is 5.82 Å². The van der Waals surface area contributed by atoms with Gasteiger partial charge in [0, 0.05) is 49.5 Å². The van der Waals surface area contributed by atoms with Crippen molar-refractivity contribution in [2.75, 3.05) is 38.5 Å². The third-order valence-corrected chi connectivity index (χ3v) is 6.92. The minimum Gasteiger partial charge on any atom is -0.383 e. The Morgan fingerprint density at radius 3 is 2.68 bits per heavy atom. The van der Waals surface area contributed by atoms with E-state index >= 15 is 0 Å². The molecule has 0 unspecified atom stereocenters. The van der Waals surface area contributed by atoms with Gasteiger partial charge < -0.3 is 25.4 Å². The molecule has 0 saturated carbocycles. The van der Waals surface area contributed by atoms with Crippen LogP contribution < -0.4 is 10.6 Å². The van der Waals surface area contributed by atoms with Crippen LogP contribution in [0.2, 0.25) is 0 Å². The van der Waals surface area contributed by atoms with Crippen molar-refractivity contribution in [1.82, 2.24) is 35.3 Å².